The van der Waals surface area contributed by atoms with Gasteiger partial charge in [0.15, 0.2) is 5.69 Å². The quantitative estimate of drug-likeness (QED) is 0.369. The van der Waals surface area contributed by atoms with E-state index in [0.29, 0.717) is 34.9 Å². The van der Waals surface area contributed by atoms with Crippen LogP contribution in [-0.2, 0) is 6.42 Å². The van der Waals surface area contributed by atoms with Gasteiger partial charge in [0.05, 0.1) is 38.8 Å². The van der Waals surface area contributed by atoms with E-state index < -0.39 is 5.91 Å². The fourth-order valence-electron chi connectivity index (χ4n) is 2.82. The van der Waals surface area contributed by atoms with Gasteiger partial charge in [0, 0.05) is 12.1 Å². The zero-order chi connectivity index (χ0) is 22.4. The molecule has 2 aromatic heterocycles. The van der Waals surface area contributed by atoms with E-state index >= 15 is 0 Å². The molecule has 1 amide bonds. The Hall–Kier alpha value is -4.16. The molecule has 0 saturated carbocycles. The highest BCUT2D eigenvalue weighted by atomic mass is 16.6. The molecule has 13 heteroatoms. The van der Waals surface area contributed by atoms with Gasteiger partial charge in [0.2, 0.25) is 11.6 Å². The summed E-state index contributed by atoms with van der Waals surface area (Å²) in [6.45, 7) is 1.95. The maximum Gasteiger partial charge on any atom is 0.293 e. The third-order valence-electron chi connectivity index (χ3n) is 4.27. The van der Waals surface area contributed by atoms with Gasteiger partial charge in [-0.25, -0.2) is 10.1 Å². The van der Waals surface area contributed by atoms with Crippen LogP contribution in [0.1, 0.15) is 35.1 Å². The van der Waals surface area contributed by atoms with Crippen LogP contribution in [0.4, 0.5) is 5.82 Å². The van der Waals surface area contributed by atoms with Gasteiger partial charge in [-0.05, 0) is 16.7 Å². The number of hydrogen-bond acceptors (Lipinski definition) is 11. The van der Waals surface area contributed by atoms with Crippen LogP contribution < -0.4 is 25.4 Å². The summed E-state index contributed by atoms with van der Waals surface area (Å²) < 4.78 is 21.9. The van der Waals surface area contributed by atoms with E-state index in [0.717, 1.165) is 6.42 Å². The van der Waals surface area contributed by atoms with Crippen molar-refractivity contribution in [3.8, 4) is 23.1 Å². The molecule has 0 aliphatic heterocycles. The van der Waals surface area contributed by atoms with Gasteiger partial charge in [-0.2, -0.15) is 9.78 Å². The number of ether oxygens (including phenoxy) is 3. The largest absolute Gasteiger partial charge is 0.496 e. The van der Waals surface area contributed by atoms with Crippen LogP contribution in [0.3, 0.4) is 0 Å². The molecular weight excluding hydrogens is 408 g/mol. The Morgan fingerprint density at radius 2 is 1.94 bits per heavy atom. The third kappa shape index (κ3) is 4.39. The number of hydrazone groups is 1. The van der Waals surface area contributed by atoms with Crippen molar-refractivity contribution in [2.45, 2.75) is 19.8 Å². The van der Waals surface area contributed by atoms with Gasteiger partial charge in [0.25, 0.3) is 5.91 Å². The van der Waals surface area contributed by atoms with Gasteiger partial charge in [-0.1, -0.05) is 18.6 Å². The fourth-order valence-corrected chi connectivity index (χ4v) is 2.82. The number of methoxy groups -OCH3 is 3. The number of aromatic nitrogens is 5. The van der Waals surface area contributed by atoms with Crippen LogP contribution in [0, 0.1) is 0 Å². The van der Waals surface area contributed by atoms with Crippen molar-refractivity contribution < 1.29 is 23.6 Å². The molecule has 164 valence electrons. The minimum absolute atomic E-state index is 0.0333. The third-order valence-corrected chi connectivity index (χ3v) is 4.27. The lowest BCUT2D eigenvalue weighted by atomic mass is 10.2. The number of anilines is 1. The van der Waals surface area contributed by atoms with Crippen LogP contribution in [0.15, 0.2) is 21.9 Å². The summed E-state index contributed by atoms with van der Waals surface area (Å²) in [6.07, 6.45) is 2.62. The molecule has 31 heavy (non-hydrogen) atoms. The molecule has 1 aromatic carbocycles. The van der Waals surface area contributed by atoms with Gasteiger partial charge in [-0.3, -0.25) is 4.79 Å². The van der Waals surface area contributed by atoms with Gasteiger partial charge >= 0.3 is 0 Å². The second-order valence-electron chi connectivity index (χ2n) is 6.16. The minimum Gasteiger partial charge on any atom is -0.496 e. The smallest absolute Gasteiger partial charge is 0.293 e. The average Bonchev–Trinajstić information content (AvgIpc) is 3.39. The number of amides is 1. The monoisotopic (exact) mass is 430 g/mol. The summed E-state index contributed by atoms with van der Waals surface area (Å²) in [5.41, 5.74) is 9.26. The summed E-state index contributed by atoms with van der Waals surface area (Å²) in [4.78, 5) is 12.7. The van der Waals surface area contributed by atoms with E-state index in [-0.39, 0.29) is 17.3 Å². The molecule has 0 bridgehead atoms. The lowest BCUT2D eigenvalue weighted by molar-refractivity contribution is 0.0949. The normalized spacial score (nSPS) is 11.0. The molecular formula is C18H22N8O5. The molecule has 13 nitrogen and oxygen atoms in total. The van der Waals surface area contributed by atoms with Crippen molar-refractivity contribution in [3.63, 3.8) is 0 Å². The number of benzene rings is 1. The standard InChI is InChI=1S/C18H22N8O5/c1-5-6-12-15(21-25-26(12)17-16(19)23-31-24-17)18(27)22-20-9-11-13(29-3)7-10(28-2)8-14(11)30-4/h7-9H,5-6H2,1-4H3,(H2,19,23)(H,22,27). The highest BCUT2D eigenvalue weighted by molar-refractivity contribution is 5.95. The lowest BCUT2D eigenvalue weighted by Gasteiger charge is -2.12. The van der Waals surface area contributed by atoms with Crippen LogP contribution in [0.5, 0.6) is 17.2 Å². The first-order valence-electron chi connectivity index (χ1n) is 9.20. The summed E-state index contributed by atoms with van der Waals surface area (Å²) in [5, 5.41) is 19.1. The molecule has 0 aliphatic carbocycles. The Kier molecular flexibility index (Phi) is 6.64. The number of nitrogens with zero attached hydrogens (tertiary/aromatic N) is 6. The van der Waals surface area contributed by atoms with Gasteiger partial charge < -0.3 is 19.9 Å². The Bertz CT molecular complexity index is 1070. The Morgan fingerprint density at radius 1 is 1.23 bits per heavy atom. The van der Waals surface area contributed by atoms with Crippen molar-refractivity contribution in [2.24, 2.45) is 5.10 Å². The number of carbonyl (C=O) groups is 1. The van der Waals surface area contributed by atoms with E-state index in [2.05, 4.69) is 35.8 Å². The Labute approximate surface area is 177 Å². The van der Waals surface area contributed by atoms with Gasteiger partial charge in [0.1, 0.15) is 17.2 Å². The molecule has 0 fully saturated rings. The number of hydrogen-bond donors (Lipinski definition) is 2. The van der Waals surface area contributed by atoms with Crippen molar-refractivity contribution in [1.82, 2.24) is 30.7 Å². The summed E-state index contributed by atoms with van der Waals surface area (Å²) in [5.74, 6) is 1.10. The molecule has 0 aliphatic rings. The molecule has 0 spiro atoms. The predicted molar refractivity (Wildman–Crippen MR) is 109 cm³/mol. The summed E-state index contributed by atoms with van der Waals surface area (Å²) in [7, 11) is 4.54. The molecule has 0 atom stereocenters. The Balaban J connectivity index is 1.86. The zero-order valence-electron chi connectivity index (χ0n) is 17.4. The maximum atomic E-state index is 12.7. The number of nitrogens with one attached hydrogen (secondary N) is 1. The van der Waals surface area contributed by atoms with Crippen molar-refractivity contribution >= 4 is 17.9 Å². The highest BCUT2D eigenvalue weighted by Crippen LogP contribution is 2.32. The lowest BCUT2D eigenvalue weighted by Crippen LogP contribution is -2.20. The first kappa shape index (κ1) is 21.5. The minimum atomic E-state index is -0.563. The second kappa shape index (κ2) is 9.56. The van der Waals surface area contributed by atoms with Crippen LogP contribution >= 0.6 is 0 Å². The molecule has 3 rings (SSSR count). The summed E-state index contributed by atoms with van der Waals surface area (Å²) >= 11 is 0. The maximum absolute atomic E-state index is 12.7. The van der Waals surface area contributed by atoms with Crippen molar-refractivity contribution in [3.05, 3.63) is 29.1 Å². The number of nitrogens with two attached hydrogens (primary N) is 1. The zero-order valence-corrected chi connectivity index (χ0v) is 17.4. The molecule has 0 radical (unpaired) electrons. The van der Waals surface area contributed by atoms with E-state index in [9.17, 15) is 4.79 Å². The van der Waals surface area contributed by atoms with Crippen molar-refractivity contribution in [2.75, 3.05) is 27.1 Å². The average molecular weight is 430 g/mol. The molecule has 3 N–H and O–H groups in total. The predicted octanol–water partition coefficient (Wildman–Crippen LogP) is 0.975. The van der Waals surface area contributed by atoms with Crippen LogP contribution in [0.2, 0.25) is 0 Å². The summed E-state index contributed by atoms with van der Waals surface area (Å²) in [6, 6.07) is 3.35. The SMILES string of the molecule is CCCc1c(C(=O)NN=Cc2c(OC)cc(OC)cc2OC)nnn1-c1nonc1N. The molecule has 0 saturated heterocycles. The number of carbonyl (C=O) groups excluding carboxylic acids is 1. The first-order valence-corrected chi connectivity index (χ1v) is 9.20. The van der Waals surface area contributed by atoms with E-state index in [1.165, 1.54) is 32.2 Å². The van der Waals surface area contributed by atoms with E-state index in [4.69, 9.17) is 19.9 Å². The van der Waals surface area contributed by atoms with Crippen molar-refractivity contribution in [1.29, 1.82) is 0 Å². The Morgan fingerprint density at radius 3 is 2.48 bits per heavy atom. The van der Waals surface area contributed by atoms with Crippen LogP contribution in [-0.4, -0.2) is 58.8 Å². The first-order chi connectivity index (χ1) is 15.0. The second-order valence-corrected chi connectivity index (χ2v) is 6.16. The number of nitrogen functional groups attached to an aromatic ring is 1. The molecule has 0 unspecified atom stereocenters. The topological polar surface area (TPSA) is 165 Å². The fraction of sp³-hybridized carbons (Fsp3) is 0.333. The number of rotatable bonds is 9. The van der Waals surface area contributed by atoms with E-state index in [1.807, 2.05) is 6.92 Å². The molecule has 2 heterocycles. The van der Waals surface area contributed by atoms with Crippen LogP contribution in [0.25, 0.3) is 5.82 Å². The van der Waals surface area contributed by atoms with Gasteiger partial charge in [-0.15, -0.1) is 5.10 Å². The molecule has 3 aromatic rings. The van der Waals surface area contributed by atoms with E-state index in [1.54, 1.807) is 12.1 Å². The highest BCUT2D eigenvalue weighted by Gasteiger charge is 2.23.